The number of hydrogen-bond acceptors (Lipinski definition) is 4. The summed E-state index contributed by atoms with van der Waals surface area (Å²) in [4.78, 5) is -0.0407. The molecule has 1 atom stereocenters. The van der Waals surface area contributed by atoms with E-state index >= 15 is 0 Å². The molecule has 0 saturated heterocycles. The summed E-state index contributed by atoms with van der Waals surface area (Å²) >= 11 is 5.81. The highest BCUT2D eigenvalue weighted by Gasteiger charge is 2.27. The van der Waals surface area contributed by atoms with Gasteiger partial charge >= 0.3 is 0 Å². The highest BCUT2D eigenvalue weighted by atomic mass is 35.5. The molecule has 0 amide bonds. The Morgan fingerprint density at radius 1 is 1.50 bits per heavy atom. The minimum atomic E-state index is -3.78. The maximum absolute atomic E-state index is 12.1. The van der Waals surface area contributed by atoms with E-state index in [2.05, 4.69) is 4.72 Å². The molecule has 0 heterocycles. The zero-order chi connectivity index (χ0) is 15.6. The lowest BCUT2D eigenvalue weighted by atomic mass is 9.93. The first-order valence-electron chi connectivity index (χ1n) is 6.02. The molecule has 0 bridgehead atoms. The van der Waals surface area contributed by atoms with Crippen LogP contribution < -0.4 is 4.72 Å². The van der Waals surface area contributed by atoms with Gasteiger partial charge in [-0.2, -0.15) is 5.26 Å². The average Bonchev–Trinajstić information content (AvgIpc) is 2.36. The predicted molar refractivity (Wildman–Crippen MR) is 76.8 cm³/mol. The van der Waals surface area contributed by atoms with Crippen molar-refractivity contribution in [3.8, 4) is 6.07 Å². The second-order valence-corrected chi connectivity index (χ2v) is 7.26. The molecule has 0 aromatic heterocycles. The standard InChI is InChI=1S/C13H17ClN2O3S/c1-9(2)13(3,17)8-16-20(18,19)11-5-4-10(7-15)12(14)6-11/h4-6,9,16-17H,8H2,1-3H3. The van der Waals surface area contributed by atoms with Crippen molar-refractivity contribution in [2.45, 2.75) is 31.3 Å². The maximum atomic E-state index is 12.1. The van der Waals surface area contributed by atoms with Gasteiger partial charge in [0.1, 0.15) is 6.07 Å². The topological polar surface area (TPSA) is 90.2 Å². The Bertz CT molecular complexity index is 634. The Labute approximate surface area is 124 Å². The van der Waals surface area contributed by atoms with E-state index in [1.54, 1.807) is 20.8 Å². The van der Waals surface area contributed by atoms with Crippen LogP contribution in [0.5, 0.6) is 0 Å². The second-order valence-electron chi connectivity index (χ2n) is 5.09. The molecule has 7 heteroatoms. The lowest BCUT2D eigenvalue weighted by molar-refractivity contribution is 0.0190. The number of sulfonamides is 1. The van der Waals surface area contributed by atoms with Gasteiger partial charge < -0.3 is 5.11 Å². The fraction of sp³-hybridized carbons (Fsp3) is 0.462. The molecule has 20 heavy (non-hydrogen) atoms. The highest BCUT2D eigenvalue weighted by molar-refractivity contribution is 7.89. The van der Waals surface area contributed by atoms with Crippen molar-refractivity contribution in [1.82, 2.24) is 4.72 Å². The molecule has 2 N–H and O–H groups in total. The molecule has 1 aromatic rings. The van der Waals surface area contributed by atoms with E-state index in [-0.39, 0.29) is 27.9 Å². The Balaban J connectivity index is 2.96. The molecule has 1 unspecified atom stereocenters. The summed E-state index contributed by atoms with van der Waals surface area (Å²) < 4.78 is 26.5. The number of nitrogens with one attached hydrogen (secondary N) is 1. The SMILES string of the molecule is CC(C)C(C)(O)CNS(=O)(=O)c1ccc(C#N)c(Cl)c1. The maximum Gasteiger partial charge on any atom is 0.240 e. The van der Waals surface area contributed by atoms with Gasteiger partial charge in [-0.05, 0) is 31.0 Å². The summed E-state index contributed by atoms with van der Waals surface area (Å²) in [7, 11) is -3.78. The molecular weight excluding hydrogens is 300 g/mol. The van der Waals surface area contributed by atoms with Crippen LogP contribution in [0.15, 0.2) is 23.1 Å². The fourth-order valence-electron chi connectivity index (χ4n) is 1.28. The lowest BCUT2D eigenvalue weighted by Gasteiger charge is -2.27. The molecule has 0 saturated carbocycles. The van der Waals surface area contributed by atoms with Gasteiger partial charge in [-0.3, -0.25) is 0 Å². The normalized spacial score (nSPS) is 14.8. The number of rotatable bonds is 5. The van der Waals surface area contributed by atoms with Gasteiger partial charge in [-0.15, -0.1) is 0 Å². The lowest BCUT2D eigenvalue weighted by Crippen LogP contribution is -2.44. The molecule has 1 rings (SSSR count). The first-order valence-corrected chi connectivity index (χ1v) is 7.88. The number of hydrogen-bond donors (Lipinski definition) is 2. The van der Waals surface area contributed by atoms with Crippen molar-refractivity contribution < 1.29 is 13.5 Å². The summed E-state index contributed by atoms with van der Waals surface area (Å²) in [6, 6.07) is 5.72. The Morgan fingerprint density at radius 2 is 2.10 bits per heavy atom. The molecule has 0 aliphatic carbocycles. The third-order valence-electron chi connectivity index (χ3n) is 3.24. The molecule has 0 spiro atoms. The number of benzene rings is 1. The molecule has 0 radical (unpaired) electrons. The largest absolute Gasteiger partial charge is 0.389 e. The van der Waals surface area contributed by atoms with Crippen molar-refractivity contribution >= 4 is 21.6 Å². The molecule has 0 aliphatic heterocycles. The van der Waals surface area contributed by atoms with E-state index in [9.17, 15) is 13.5 Å². The van der Waals surface area contributed by atoms with Crippen LogP contribution in [0.4, 0.5) is 0 Å². The van der Waals surface area contributed by atoms with Gasteiger partial charge in [0, 0.05) is 6.54 Å². The van der Waals surface area contributed by atoms with Crippen molar-refractivity contribution in [3.63, 3.8) is 0 Å². The van der Waals surface area contributed by atoms with Crippen LogP contribution in [-0.2, 0) is 10.0 Å². The monoisotopic (exact) mass is 316 g/mol. The Hall–Kier alpha value is -1.13. The fourth-order valence-corrected chi connectivity index (χ4v) is 2.74. The van der Waals surface area contributed by atoms with E-state index in [4.69, 9.17) is 16.9 Å². The first-order chi connectivity index (χ1) is 9.10. The molecule has 5 nitrogen and oxygen atoms in total. The van der Waals surface area contributed by atoms with E-state index in [1.807, 2.05) is 6.07 Å². The summed E-state index contributed by atoms with van der Waals surface area (Å²) in [6.45, 7) is 5.05. The van der Waals surface area contributed by atoms with Crippen LogP contribution >= 0.6 is 11.6 Å². The average molecular weight is 317 g/mol. The van der Waals surface area contributed by atoms with Gasteiger partial charge in [-0.25, -0.2) is 13.1 Å². The summed E-state index contributed by atoms with van der Waals surface area (Å²) in [5, 5.41) is 18.9. The third-order valence-corrected chi connectivity index (χ3v) is 4.95. The van der Waals surface area contributed by atoms with Crippen LogP contribution in [0.25, 0.3) is 0 Å². The molecule has 0 fully saturated rings. The van der Waals surface area contributed by atoms with Gasteiger partial charge in [0.05, 0.1) is 21.1 Å². The van der Waals surface area contributed by atoms with Crippen LogP contribution in [0.3, 0.4) is 0 Å². The van der Waals surface area contributed by atoms with Gasteiger partial charge in [-0.1, -0.05) is 25.4 Å². The van der Waals surface area contributed by atoms with Crippen LogP contribution in [0.2, 0.25) is 5.02 Å². The summed E-state index contributed by atoms with van der Waals surface area (Å²) in [5.41, 5.74) is -0.941. The number of aliphatic hydroxyl groups is 1. The quantitative estimate of drug-likeness (QED) is 0.868. The van der Waals surface area contributed by atoms with E-state index in [0.717, 1.165) is 0 Å². The predicted octanol–water partition coefficient (Wildman–Crippen LogP) is 1.90. The summed E-state index contributed by atoms with van der Waals surface area (Å²) in [6.07, 6.45) is 0. The van der Waals surface area contributed by atoms with Crippen molar-refractivity contribution in [3.05, 3.63) is 28.8 Å². The van der Waals surface area contributed by atoms with Crippen molar-refractivity contribution in [2.75, 3.05) is 6.54 Å². The third kappa shape index (κ3) is 3.93. The molecule has 0 aliphatic rings. The van der Waals surface area contributed by atoms with Crippen LogP contribution in [0.1, 0.15) is 26.3 Å². The van der Waals surface area contributed by atoms with Crippen molar-refractivity contribution in [2.24, 2.45) is 5.92 Å². The highest BCUT2D eigenvalue weighted by Crippen LogP contribution is 2.21. The number of nitrogens with zero attached hydrogens (tertiary/aromatic N) is 1. The van der Waals surface area contributed by atoms with Gasteiger partial charge in [0.2, 0.25) is 10.0 Å². The smallest absolute Gasteiger partial charge is 0.240 e. The first kappa shape index (κ1) is 16.9. The Kier molecular flexibility index (Phi) is 5.16. The minimum Gasteiger partial charge on any atom is -0.389 e. The zero-order valence-electron chi connectivity index (χ0n) is 11.5. The van der Waals surface area contributed by atoms with E-state index < -0.39 is 15.6 Å². The molecule has 1 aromatic carbocycles. The minimum absolute atomic E-state index is 0.0407. The molecule has 110 valence electrons. The van der Waals surface area contributed by atoms with Crippen LogP contribution in [0, 0.1) is 17.2 Å². The Morgan fingerprint density at radius 3 is 2.55 bits per heavy atom. The van der Waals surface area contributed by atoms with E-state index in [0.29, 0.717) is 0 Å². The number of nitriles is 1. The van der Waals surface area contributed by atoms with E-state index in [1.165, 1.54) is 18.2 Å². The van der Waals surface area contributed by atoms with Gasteiger partial charge in [0.25, 0.3) is 0 Å². The van der Waals surface area contributed by atoms with Crippen LogP contribution in [-0.4, -0.2) is 25.7 Å². The van der Waals surface area contributed by atoms with Gasteiger partial charge in [0.15, 0.2) is 0 Å². The molecular formula is C13H17ClN2O3S. The van der Waals surface area contributed by atoms with Crippen molar-refractivity contribution in [1.29, 1.82) is 5.26 Å². The zero-order valence-corrected chi connectivity index (χ0v) is 13.1. The summed E-state index contributed by atoms with van der Waals surface area (Å²) in [5.74, 6) is -0.102. The number of halogens is 1. The second kappa shape index (κ2) is 6.10.